The summed E-state index contributed by atoms with van der Waals surface area (Å²) in [6.07, 6.45) is 1.36. The Hall–Kier alpha value is -1.79. The van der Waals surface area contributed by atoms with E-state index in [2.05, 4.69) is 24.5 Å². The third kappa shape index (κ3) is 8.34. The van der Waals surface area contributed by atoms with Crippen LogP contribution in [-0.2, 0) is 9.59 Å². The van der Waals surface area contributed by atoms with Crippen molar-refractivity contribution in [2.45, 2.75) is 58.5 Å². The van der Waals surface area contributed by atoms with Crippen LogP contribution in [-0.4, -0.2) is 40.3 Å². The number of carbonyl (C=O) groups excluding carboxylic acids is 1. The van der Waals surface area contributed by atoms with E-state index < -0.39 is 24.0 Å². The van der Waals surface area contributed by atoms with Gasteiger partial charge in [-0.1, -0.05) is 20.3 Å². The van der Waals surface area contributed by atoms with Gasteiger partial charge in [0.15, 0.2) is 0 Å². The van der Waals surface area contributed by atoms with Crippen LogP contribution in [0.25, 0.3) is 0 Å². The molecule has 0 saturated carbocycles. The number of hydrogen-bond acceptors (Lipinski definition) is 3. The van der Waals surface area contributed by atoms with E-state index in [-0.39, 0.29) is 18.9 Å². The van der Waals surface area contributed by atoms with Crippen molar-refractivity contribution in [1.29, 1.82) is 0 Å². The maximum absolute atomic E-state index is 11.6. The van der Waals surface area contributed by atoms with Crippen molar-refractivity contribution in [3.05, 3.63) is 0 Å². The van der Waals surface area contributed by atoms with Gasteiger partial charge in [-0.15, -0.1) is 0 Å². The lowest BCUT2D eigenvalue weighted by atomic mass is 10.0. The van der Waals surface area contributed by atoms with Crippen LogP contribution in [0.3, 0.4) is 0 Å². The number of aliphatic carboxylic acids is 2. The molecule has 0 aliphatic heterocycles. The van der Waals surface area contributed by atoms with E-state index in [1.807, 2.05) is 6.92 Å². The summed E-state index contributed by atoms with van der Waals surface area (Å²) in [6.45, 7) is 5.98. The van der Waals surface area contributed by atoms with Gasteiger partial charge in [-0.05, 0) is 25.7 Å². The predicted molar refractivity (Wildman–Crippen MR) is 73.5 cm³/mol. The normalized spacial score (nSPS) is 14.9. The smallest absolute Gasteiger partial charge is 0.326 e. The molecule has 4 N–H and O–H groups in total. The Bertz CT molecular complexity index is 346. The lowest BCUT2D eigenvalue weighted by Gasteiger charge is -2.20. The second-order valence-corrected chi connectivity index (χ2v) is 5.09. The molecular formula is C13H24N2O5. The van der Waals surface area contributed by atoms with E-state index in [0.29, 0.717) is 5.92 Å². The Balaban J connectivity index is 4.25. The molecule has 0 bridgehead atoms. The molecule has 0 aromatic rings. The highest BCUT2D eigenvalue weighted by Crippen LogP contribution is 2.09. The van der Waals surface area contributed by atoms with E-state index >= 15 is 0 Å². The molecule has 0 radical (unpaired) electrons. The first-order chi connectivity index (χ1) is 9.26. The summed E-state index contributed by atoms with van der Waals surface area (Å²) in [7, 11) is 0. The van der Waals surface area contributed by atoms with E-state index in [1.165, 1.54) is 0 Å². The van der Waals surface area contributed by atoms with Gasteiger partial charge in [0.25, 0.3) is 0 Å². The van der Waals surface area contributed by atoms with Crippen LogP contribution in [0.2, 0.25) is 0 Å². The van der Waals surface area contributed by atoms with Crippen LogP contribution in [0.15, 0.2) is 0 Å². The number of carboxylic acid groups (broad SMARTS) is 2. The largest absolute Gasteiger partial charge is 0.481 e. The fraction of sp³-hybridized carbons (Fsp3) is 0.769. The monoisotopic (exact) mass is 288 g/mol. The summed E-state index contributed by atoms with van der Waals surface area (Å²) in [5.41, 5.74) is 0. The fourth-order valence-electron chi connectivity index (χ4n) is 1.78. The van der Waals surface area contributed by atoms with E-state index in [1.54, 1.807) is 0 Å². The number of carbonyl (C=O) groups is 3. The van der Waals surface area contributed by atoms with Crippen LogP contribution in [0.1, 0.15) is 46.5 Å². The molecule has 2 amide bonds. The van der Waals surface area contributed by atoms with Crippen LogP contribution in [0, 0.1) is 5.92 Å². The molecule has 116 valence electrons. The number of urea groups is 1. The van der Waals surface area contributed by atoms with Gasteiger partial charge in [-0.25, -0.2) is 9.59 Å². The van der Waals surface area contributed by atoms with Crippen molar-refractivity contribution >= 4 is 18.0 Å². The minimum absolute atomic E-state index is 0.0705. The number of carboxylic acids is 2. The van der Waals surface area contributed by atoms with Crippen LogP contribution in [0.5, 0.6) is 0 Å². The van der Waals surface area contributed by atoms with Gasteiger partial charge >= 0.3 is 18.0 Å². The zero-order chi connectivity index (χ0) is 15.7. The highest BCUT2D eigenvalue weighted by Gasteiger charge is 2.21. The summed E-state index contributed by atoms with van der Waals surface area (Å²) >= 11 is 0. The summed E-state index contributed by atoms with van der Waals surface area (Å²) in [5, 5.41) is 22.4. The molecule has 2 unspecified atom stereocenters. The molecule has 0 aromatic carbocycles. The molecule has 20 heavy (non-hydrogen) atoms. The van der Waals surface area contributed by atoms with Crippen molar-refractivity contribution < 1.29 is 24.6 Å². The number of hydrogen-bond donors (Lipinski definition) is 4. The third-order valence-electron chi connectivity index (χ3n) is 3.08. The van der Waals surface area contributed by atoms with Crippen molar-refractivity contribution in [3.8, 4) is 0 Å². The fourth-order valence-corrected chi connectivity index (χ4v) is 1.78. The van der Waals surface area contributed by atoms with Gasteiger partial charge in [0.1, 0.15) is 6.04 Å². The second kappa shape index (κ2) is 9.17. The van der Waals surface area contributed by atoms with Crippen LogP contribution < -0.4 is 10.6 Å². The minimum Gasteiger partial charge on any atom is -0.481 e. The summed E-state index contributed by atoms with van der Waals surface area (Å²) in [5.74, 6) is -1.87. The Kier molecular flexibility index (Phi) is 8.35. The molecule has 0 aliphatic rings. The molecule has 0 saturated heterocycles. The Labute approximate surface area is 118 Å². The quantitative estimate of drug-likeness (QED) is 0.512. The summed E-state index contributed by atoms with van der Waals surface area (Å²) in [4.78, 5) is 33.0. The number of amides is 2. The predicted octanol–water partition coefficient (Wildman–Crippen LogP) is 1.43. The van der Waals surface area contributed by atoms with E-state index in [0.717, 1.165) is 12.8 Å². The highest BCUT2D eigenvalue weighted by molar-refractivity contribution is 5.83. The Morgan fingerprint density at radius 3 is 2.15 bits per heavy atom. The molecule has 0 fully saturated rings. The lowest BCUT2D eigenvalue weighted by Crippen LogP contribution is -2.48. The first kappa shape index (κ1) is 18.2. The Morgan fingerprint density at radius 2 is 1.70 bits per heavy atom. The van der Waals surface area contributed by atoms with Gasteiger partial charge in [0.2, 0.25) is 0 Å². The Morgan fingerprint density at radius 1 is 1.10 bits per heavy atom. The molecule has 0 spiro atoms. The molecular weight excluding hydrogens is 264 g/mol. The lowest BCUT2D eigenvalue weighted by molar-refractivity contribution is -0.140. The SMILES string of the molecule is CCC(C)CC(C)NC(=O)N[C@@H](CCC(=O)O)C(=O)O. The van der Waals surface area contributed by atoms with Crippen molar-refractivity contribution in [2.75, 3.05) is 0 Å². The number of nitrogens with one attached hydrogen (secondary N) is 2. The molecule has 0 rings (SSSR count). The van der Waals surface area contributed by atoms with E-state index in [4.69, 9.17) is 10.2 Å². The molecule has 7 heteroatoms. The molecule has 3 atom stereocenters. The van der Waals surface area contributed by atoms with Crippen molar-refractivity contribution in [3.63, 3.8) is 0 Å². The average Bonchev–Trinajstić information content (AvgIpc) is 2.33. The zero-order valence-corrected chi connectivity index (χ0v) is 12.2. The van der Waals surface area contributed by atoms with Crippen LogP contribution >= 0.6 is 0 Å². The van der Waals surface area contributed by atoms with Crippen molar-refractivity contribution in [1.82, 2.24) is 10.6 Å². The third-order valence-corrected chi connectivity index (χ3v) is 3.08. The maximum atomic E-state index is 11.6. The second-order valence-electron chi connectivity index (χ2n) is 5.09. The minimum atomic E-state index is -1.24. The average molecular weight is 288 g/mol. The van der Waals surface area contributed by atoms with Crippen LogP contribution in [0.4, 0.5) is 4.79 Å². The topological polar surface area (TPSA) is 116 Å². The first-order valence-electron chi connectivity index (χ1n) is 6.77. The highest BCUT2D eigenvalue weighted by atomic mass is 16.4. The molecule has 0 heterocycles. The molecule has 0 aromatic heterocycles. The first-order valence-corrected chi connectivity index (χ1v) is 6.77. The molecule has 0 aliphatic carbocycles. The van der Waals surface area contributed by atoms with Crippen molar-refractivity contribution in [2.24, 2.45) is 5.92 Å². The standard InChI is InChI=1S/C13H24N2O5/c1-4-8(2)7-9(3)14-13(20)15-10(12(18)19)5-6-11(16)17/h8-10H,4-7H2,1-3H3,(H,16,17)(H,18,19)(H2,14,15,20)/t8?,9?,10-/m0/s1. The van der Waals surface area contributed by atoms with E-state index in [9.17, 15) is 14.4 Å². The van der Waals surface area contributed by atoms with Gasteiger partial charge in [-0.3, -0.25) is 4.79 Å². The maximum Gasteiger partial charge on any atom is 0.326 e. The van der Waals surface area contributed by atoms with Gasteiger partial charge in [0.05, 0.1) is 0 Å². The number of rotatable bonds is 9. The summed E-state index contributed by atoms with van der Waals surface area (Å²) < 4.78 is 0. The molecule has 7 nitrogen and oxygen atoms in total. The zero-order valence-electron chi connectivity index (χ0n) is 12.2. The van der Waals surface area contributed by atoms with Gasteiger partial charge in [0, 0.05) is 12.5 Å². The van der Waals surface area contributed by atoms with Gasteiger partial charge in [-0.2, -0.15) is 0 Å². The van der Waals surface area contributed by atoms with Gasteiger partial charge < -0.3 is 20.8 Å². The summed E-state index contributed by atoms with van der Waals surface area (Å²) in [6, 6.07) is -1.85.